The zero-order chi connectivity index (χ0) is 25.7. The number of ketones is 1. The quantitative estimate of drug-likeness (QED) is 0.356. The van der Waals surface area contributed by atoms with E-state index in [2.05, 4.69) is 0 Å². The van der Waals surface area contributed by atoms with Crippen molar-refractivity contribution in [2.24, 2.45) is 23.7 Å². The van der Waals surface area contributed by atoms with Gasteiger partial charge in [-0.3, -0.25) is 4.79 Å². The van der Waals surface area contributed by atoms with Crippen LogP contribution in [-0.4, -0.2) is 118 Å². The number of hydrogen-bond acceptors (Lipinski definition) is 12. The maximum Gasteiger partial charge on any atom is 0.175 e. The van der Waals surface area contributed by atoms with Crippen LogP contribution in [0.1, 0.15) is 12.8 Å². The Morgan fingerprint density at radius 3 is 1.57 bits per heavy atom. The molecule has 0 aromatic carbocycles. The second kappa shape index (κ2) is 13.4. The first kappa shape index (κ1) is 28.9. The number of rotatable bonds is 10. The SMILES string of the molecule is COCO[C@H]([C@@H]1CSC[C@@H]([C@@H](OCOC)[C@@H]2CSCCC23OCCO3)C1=O)[C@H]1CSCCC12OCCO2. The van der Waals surface area contributed by atoms with E-state index in [-0.39, 0.29) is 55.2 Å². The van der Waals surface area contributed by atoms with Gasteiger partial charge < -0.3 is 37.9 Å². The van der Waals surface area contributed by atoms with Crippen LogP contribution in [-0.2, 0) is 42.7 Å². The summed E-state index contributed by atoms with van der Waals surface area (Å²) in [5.41, 5.74) is 0. The number of carbonyl (C=O) groups is 1. The Morgan fingerprint density at radius 2 is 1.16 bits per heavy atom. The van der Waals surface area contributed by atoms with Gasteiger partial charge in [0.2, 0.25) is 0 Å². The summed E-state index contributed by atoms with van der Waals surface area (Å²) in [6.07, 6.45) is 0.849. The molecular weight excluding hydrogens is 540 g/mol. The second-order valence-corrected chi connectivity index (χ2v) is 13.5. The number of Topliss-reactive ketones (excluding diaryl/α,β-unsaturated/α-hetero) is 1. The minimum absolute atomic E-state index is 0.0615. The van der Waals surface area contributed by atoms with Gasteiger partial charge in [0.15, 0.2) is 11.6 Å². The van der Waals surface area contributed by atoms with Crippen LogP contribution in [0.3, 0.4) is 0 Å². The lowest BCUT2D eigenvalue weighted by molar-refractivity contribution is -0.238. The maximum absolute atomic E-state index is 14.4. The molecule has 5 saturated heterocycles. The lowest BCUT2D eigenvalue weighted by Crippen LogP contribution is -2.58. The molecule has 0 N–H and O–H groups in total. The molecular formula is C25H40O9S3. The third kappa shape index (κ3) is 6.05. The molecule has 6 atom stereocenters. The molecule has 0 radical (unpaired) electrons. The van der Waals surface area contributed by atoms with Gasteiger partial charge in [0.25, 0.3) is 0 Å². The van der Waals surface area contributed by atoms with Crippen molar-refractivity contribution in [3.63, 3.8) is 0 Å². The molecule has 0 bridgehead atoms. The summed E-state index contributed by atoms with van der Waals surface area (Å²) in [5.74, 6) is 2.99. The van der Waals surface area contributed by atoms with E-state index >= 15 is 0 Å². The molecule has 0 saturated carbocycles. The Balaban J connectivity index is 1.41. The van der Waals surface area contributed by atoms with Gasteiger partial charge in [-0.25, -0.2) is 0 Å². The average Bonchev–Trinajstić information content (AvgIpc) is 3.58. The van der Waals surface area contributed by atoms with Gasteiger partial charge in [-0.05, 0) is 11.5 Å². The fourth-order valence-electron chi connectivity index (χ4n) is 6.42. The number of thioether (sulfide) groups is 3. The molecule has 5 aliphatic heterocycles. The number of carbonyl (C=O) groups excluding carboxylic acids is 1. The van der Waals surface area contributed by atoms with Crippen molar-refractivity contribution in [2.45, 2.75) is 36.6 Å². The third-order valence-corrected chi connectivity index (χ3v) is 11.5. The van der Waals surface area contributed by atoms with E-state index in [0.717, 1.165) is 35.9 Å². The van der Waals surface area contributed by atoms with Crippen molar-refractivity contribution in [3.8, 4) is 0 Å². The van der Waals surface area contributed by atoms with Crippen molar-refractivity contribution in [1.82, 2.24) is 0 Å². The molecule has 0 aromatic heterocycles. The average molecular weight is 581 g/mol. The monoisotopic (exact) mass is 580 g/mol. The summed E-state index contributed by atoms with van der Waals surface area (Å²) in [6.45, 7) is 2.53. The molecule has 5 fully saturated rings. The van der Waals surface area contributed by atoms with Gasteiger partial charge in [0.1, 0.15) is 19.4 Å². The Bertz CT molecular complexity index is 689. The Kier molecular flexibility index (Phi) is 10.5. The summed E-state index contributed by atoms with van der Waals surface area (Å²) in [4.78, 5) is 14.4. The fourth-order valence-corrected chi connectivity index (χ4v) is 10.4. The summed E-state index contributed by atoms with van der Waals surface area (Å²) < 4.78 is 48.2. The van der Waals surface area contributed by atoms with Crippen LogP contribution in [0, 0.1) is 23.7 Å². The first-order chi connectivity index (χ1) is 18.1. The molecule has 0 amide bonds. The van der Waals surface area contributed by atoms with E-state index in [0.29, 0.717) is 37.9 Å². The molecule has 5 aliphatic rings. The zero-order valence-electron chi connectivity index (χ0n) is 21.8. The molecule has 212 valence electrons. The molecule has 0 unspecified atom stereocenters. The van der Waals surface area contributed by atoms with Crippen LogP contribution >= 0.6 is 35.3 Å². The summed E-state index contributed by atoms with van der Waals surface area (Å²) >= 11 is 5.53. The van der Waals surface area contributed by atoms with Crippen molar-refractivity contribution < 1.29 is 42.7 Å². The normalized spacial score (nSPS) is 35.2. The van der Waals surface area contributed by atoms with Gasteiger partial charge in [-0.2, -0.15) is 35.3 Å². The number of hydrogen-bond donors (Lipinski definition) is 0. The maximum atomic E-state index is 14.4. The number of methoxy groups -OCH3 is 2. The van der Waals surface area contributed by atoms with Gasteiger partial charge in [-0.1, -0.05) is 0 Å². The highest BCUT2D eigenvalue weighted by Crippen LogP contribution is 2.48. The van der Waals surface area contributed by atoms with Crippen LogP contribution in [0.2, 0.25) is 0 Å². The molecule has 0 aliphatic carbocycles. The minimum Gasteiger partial charge on any atom is -0.359 e. The van der Waals surface area contributed by atoms with E-state index in [1.165, 1.54) is 0 Å². The van der Waals surface area contributed by atoms with Gasteiger partial charge in [0.05, 0.1) is 50.5 Å². The summed E-state index contributed by atoms with van der Waals surface area (Å²) in [6, 6.07) is 0. The van der Waals surface area contributed by atoms with Crippen molar-refractivity contribution in [2.75, 3.05) is 88.8 Å². The topological polar surface area (TPSA) is 90.9 Å². The summed E-state index contributed by atoms with van der Waals surface area (Å²) in [7, 11) is 3.23. The van der Waals surface area contributed by atoms with Gasteiger partial charge >= 0.3 is 0 Å². The van der Waals surface area contributed by atoms with Crippen molar-refractivity contribution in [1.29, 1.82) is 0 Å². The van der Waals surface area contributed by atoms with Crippen LogP contribution in [0.15, 0.2) is 0 Å². The van der Waals surface area contributed by atoms with E-state index in [1.54, 1.807) is 26.0 Å². The van der Waals surface area contributed by atoms with Crippen LogP contribution in [0.5, 0.6) is 0 Å². The minimum atomic E-state index is -0.691. The molecule has 37 heavy (non-hydrogen) atoms. The smallest absolute Gasteiger partial charge is 0.175 e. The highest BCUT2D eigenvalue weighted by atomic mass is 32.2. The third-order valence-electron chi connectivity index (χ3n) is 8.14. The lowest BCUT2D eigenvalue weighted by Gasteiger charge is -2.48. The highest BCUT2D eigenvalue weighted by Gasteiger charge is 2.57. The Labute approximate surface area is 232 Å². The molecule has 0 aromatic rings. The Hall–Kier alpha value is 0.400. The van der Waals surface area contributed by atoms with Crippen LogP contribution < -0.4 is 0 Å². The van der Waals surface area contributed by atoms with E-state index in [4.69, 9.17) is 37.9 Å². The molecule has 9 nitrogen and oxygen atoms in total. The Morgan fingerprint density at radius 1 is 0.730 bits per heavy atom. The first-order valence-electron chi connectivity index (χ1n) is 13.2. The van der Waals surface area contributed by atoms with Gasteiger partial charge in [-0.15, -0.1) is 0 Å². The standard InChI is InChI=1S/C25H40O9S3/c1-27-15-29-22(19-13-35-9-3-24(19)31-5-6-32-24)17-11-37-12-18(21(17)26)23(30-16-28-2)20-14-36-10-4-25(20)33-7-8-34-25/h17-20,22-23H,3-16H2,1-2H3/t17-,18-,19-,20+,22-,23-/m1/s1. The van der Waals surface area contributed by atoms with Gasteiger partial charge in [0, 0.05) is 61.9 Å². The van der Waals surface area contributed by atoms with Crippen molar-refractivity contribution in [3.05, 3.63) is 0 Å². The van der Waals surface area contributed by atoms with Crippen LogP contribution in [0.25, 0.3) is 0 Å². The largest absolute Gasteiger partial charge is 0.359 e. The van der Waals surface area contributed by atoms with E-state index < -0.39 is 11.6 Å². The lowest BCUT2D eigenvalue weighted by atomic mass is 9.76. The number of ether oxygens (including phenoxy) is 8. The van der Waals surface area contributed by atoms with E-state index in [9.17, 15) is 4.79 Å². The zero-order valence-corrected chi connectivity index (χ0v) is 24.2. The summed E-state index contributed by atoms with van der Waals surface area (Å²) in [5, 5.41) is 0. The predicted octanol–water partition coefficient (Wildman–Crippen LogP) is 2.51. The van der Waals surface area contributed by atoms with Crippen LogP contribution in [0.4, 0.5) is 0 Å². The van der Waals surface area contributed by atoms with E-state index in [1.807, 2.05) is 23.5 Å². The molecule has 2 spiro atoms. The molecule has 12 heteroatoms. The second-order valence-electron chi connectivity index (χ2n) is 10.1. The highest BCUT2D eigenvalue weighted by molar-refractivity contribution is 7.99. The molecule has 5 heterocycles. The first-order valence-corrected chi connectivity index (χ1v) is 16.6. The molecule has 5 rings (SSSR count). The van der Waals surface area contributed by atoms with Crippen molar-refractivity contribution >= 4 is 41.1 Å². The fraction of sp³-hybridized carbons (Fsp3) is 0.960. The predicted molar refractivity (Wildman–Crippen MR) is 143 cm³/mol.